The van der Waals surface area contributed by atoms with Gasteiger partial charge in [-0.15, -0.1) is 0 Å². The highest BCUT2D eigenvalue weighted by molar-refractivity contribution is 5.75. The summed E-state index contributed by atoms with van der Waals surface area (Å²) < 4.78 is 0. The molecule has 2 fully saturated rings. The van der Waals surface area contributed by atoms with Crippen molar-refractivity contribution >= 4 is 5.78 Å². The molecule has 2 rings (SSSR count). The standard InChI is InChI=1S/C15H29N3O/c1-14(19)2-8-17-9-3-15(4-10-17)5-11-18-12-6-16-7-13-18/h15-16H,2-13H2,1H3. The first-order chi connectivity index (χ1) is 9.24. The maximum Gasteiger partial charge on any atom is 0.131 e. The Labute approximate surface area is 117 Å². The Morgan fingerprint density at radius 2 is 1.68 bits per heavy atom. The Bertz CT molecular complexity index is 269. The summed E-state index contributed by atoms with van der Waals surface area (Å²) in [5, 5.41) is 3.41. The molecule has 2 heterocycles. The second-order valence-electron chi connectivity index (χ2n) is 6.12. The van der Waals surface area contributed by atoms with Crippen LogP contribution in [0.4, 0.5) is 0 Å². The molecule has 2 saturated heterocycles. The Morgan fingerprint density at radius 1 is 1.05 bits per heavy atom. The average Bonchev–Trinajstić information content (AvgIpc) is 2.45. The van der Waals surface area contributed by atoms with E-state index in [1.54, 1.807) is 6.92 Å². The van der Waals surface area contributed by atoms with E-state index in [1.165, 1.54) is 52.0 Å². The van der Waals surface area contributed by atoms with Crippen LogP contribution in [0.3, 0.4) is 0 Å². The number of nitrogens with zero attached hydrogens (tertiary/aromatic N) is 2. The molecule has 0 bridgehead atoms. The summed E-state index contributed by atoms with van der Waals surface area (Å²) in [5.41, 5.74) is 0. The summed E-state index contributed by atoms with van der Waals surface area (Å²) in [7, 11) is 0. The molecule has 1 N–H and O–H groups in total. The Kier molecular flexibility index (Phi) is 6.28. The quantitative estimate of drug-likeness (QED) is 0.778. The number of nitrogens with one attached hydrogen (secondary N) is 1. The normalized spacial score (nSPS) is 23.6. The number of piperazine rings is 1. The fourth-order valence-corrected chi connectivity index (χ4v) is 3.11. The second-order valence-corrected chi connectivity index (χ2v) is 6.12. The molecule has 0 saturated carbocycles. The molecule has 2 aliphatic rings. The highest BCUT2D eigenvalue weighted by Crippen LogP contribution is 2.21. The van der Waals surface area contributed by atoms with Gasteiger partial charge in [-0.05, 0) is 51.7 Å². The first-order valence-corrected chi connectivity index (χ1v) is 7.89. The van der Waals surface area contributed by atoms with E-state index < -0.39 is 0 Å². The number of carbonyl (C=O) groups is 1. The number of rotatable bonds is 6. The molecule has 0 atom stereocenters. The van der Waals surface area contributed by atoms with Gasteiger partial charge >= 0.3 is 0 Å². The SMILES string of the molecule is CC(=O)CCN1CCC(CCN2CCNCC2)CC1. The maximum atomic E-state index is 11.0. The van der Waals surface area contributed by atoms with Crippen LogP contribution in [0.2, 0.25) is 0 Å². The lowest BCUT2D eigenvalue weighted by atomic mass is 9.93. The number of hydrogen-bond donors (Lipinski definition) is 1. The molecule has 19 heavy (non-hydrogen) atoms. The van der Waals surface area contributed by atoms with Gasteiger partial charge in [0.1, 0.15) is 5.78 Å². The third-order valence-corrected chi connectivity index (χ3v) is 4.55. The molecule has 2 aliphatic heterocycles. The molecule has 4 nitrogen and oxygen atoms in total. The van der Waals surface area contributed by atoms with Crippen molar-refractivity contribution in [3.8, 4) is 0 Å². The third-order valence-electron chi connectivity index (χ3n) is 4.55. The average molecular weight is 267 g/mol. The summed E-state index contributed by atoms with van der Waals surface area (Å²) in [6, 6.07) is 0. The molecule has 0 amide bonds. The first kappa shape index (κ1) is 14.9. The van der Waals surface area contributed by atoms with E-state index in [0.29, 0.717) is 5.78 Å². The Hall–Kier alpha value is -0.450. The number of Topliss-reactive ketones (excluding diaryl/α,β-unsaturated/α-hetero) is 1. The lowest BCUT2D eigenvalue weighted by molar-refractivity contribution is -0.117. The largest absolute Gasteiger partial charge is 0.314 e. The Morgan fingerprint density at radius 3 is 2.32 bits per heavy atom. The van der Waals surface area contributed by atoms with Crippen molar-refractivity contribution in [2.45, 2.75) is 32.6 Å². The maximum absolute atomic E-state index is 11.0. The van der Waals surface area contributed by atoms with Crippen molar-refractivity contribution in [2.24, 2.45) is 5.92 Å². The highest BCUT2D eigenvalue weighted by atomic mass is 16.1. The van der Waals surface area contributed by atoms with Gasteiger partial charge in [-0.2, -0.15) is 0 Å². The molecular weight excluding hydrogens is 238 g/mol. The number of carbonyl (C=O) groups excluding carboxylic acids is 1. The number of hydrogen-bond acceptors (Lipinski definition) is 4. The summed E-state index contributed by atoms with van der Waals surface area (Å²) >= 11 is 0. The van der Waals surface area contributed by atoms with E-state index >= 15 is 0 Å². The Balaban J connectivity index is 1.56. The van der Waals surface area contributed by atoms with E-state index in [2.05, 4.69) is 15.1 Å². The summed E-state index contributed by atoms with van der Waals surface area (Å²) in [4.78, 5) is 16.0. The van der Waals surface area contributed by atoms with E-state index in [4.69, 9.17) is 0 Å². The molecule has 0 aromatic rings. The van der Waals surface area contributed by atoms with Crippen LogP contribution in [0.5, 0.6) is 0 Å². The van der Waals surface area contributed by atoms with Crippen LogP contribution < -0.4 is 5.32 Å². The fourth-order valence-electron chi connectivity index (χ4n) is 3.11. The van der Waals surface area contributed by atoms with Crippen LogP contribution in [0.25, 0.3) is 0 Å². The van der Waals surface area contributed by atoms with Gasteiger partial charge in [-0.3, -0.25) is 4.79 Å². The zero-order valence-electron chi connectivity index (χ0n) is 12.4. The molecule has 0 aromatic heterocycles. The molecule has 110 valence electrons. The lowest BCUT2D eigenvalue weighted by Crippen LogP contribution is -2.44. The van der Waals surface area contributed by atoms with Crippen LogP contribution in [0.1, 0.15) is 32.6 Å². The van der Waals surface area contributed by atoms with Gasteiger partial charge in [0.2, 0.25) is 0 Å². The van der Waals surface area contributed by atoms with Crippen LogP contribution in [-0.4, -0.2) is 67.9 Å². The highest BCUT2D eigenvalue weighted by Gasteiger charge is 2.20. The van der Waals surface area contributed by atoms with E-state index in [-0.39, 0.29) is 0 Å². The number of likely N-dealkylation sites (tertiary alicyclic amines) is 1. The van der Waals surface area contributed by atoms with Crippen LogP contribution in [-0.2, 0) is 4.79 Å². The topological polar surface area (TPSA) is 35.6 Å². The predicted molar refractivity (Wildman–Crippen MR) is 78.4 cm³/mol. The molecule has 0 aliphatic carbocycles. The van der Waals surface area contributed by atoms with Gasteiger partial charge in [-0.1, -0.05) is 0 Å². The smallest absolute Gasteiger partial charge is 0.131 e. The van der Waals surface area contributed by atoms with Crippen molar-refractivity contribution in [3.05, 3.63) is 0 Å². The van der Waals surface area contributed by atoms with Gasteiger partial charge < -0.3 is 15.1 Å². The fraction of sp³-hybridized carbons (Fsp3) is 0.933. The zero-order valence-corrected chi connectivity index (χ0v) is 12.4. The molecule has 0 aromatic carbocycles. The first-order valence-electron chi connectivity index (χ1n) is 7.89. The minimum atomic E-state index is 0.320. The van der Waals surface area contributed by atoms with E-state index in [9.17, 15) is 4.79 Å². The summed E-state index contributed by atoms with van der Waals surface area (Å²) in [5.74, 6) is 1.23. The lowest BCUT2D eigenvalue weighted by Gasteiger charge is -2.34. The van der Waals surface area contributed by atoms with E-state index in [1.807, 2.05) is 0 Å². The minimum absolute atomic E-state index is 0.320. The van der Waals surface area contributed by atoms with Crippen LogP contribution in [0.15, 0.2) is 0 Å². The van der Waals surface area contributed by atoms with Gasteiger partial charge in [0.05, 0.1) is 0 Å². The van der Waals surface area contributed by atoms with Crippen molar-refractivity contribution in [1.82, 2.24) is 15.1 Å². The molecule has 0 unspecified atom stereocenters. The van der Waals surface area contributed by atoms with Gasteiger partial charge in [0, 0.05) is 39.1 Å². The minimum Gasteiger partial charge on any atom is -0.314 e. The summed E-state index contributed by atoms with van der Waals surface area (Å²) in [6.45, 7) is 11.1. The third kappa shape index (κ3) is 5.59. The van der Waals surface area contributed by atoms with Gasteiger partial charge in [0.15, 0.2) is 0 Å². The van der Waals surface area contributed by atoms with Crippen LogP contribution in [0, 0.1) is 5.92 Å². The summed E-state index contributed by atoms with van der Waals surface area (Å²) in [6.07, 6.45) is 4.74. The number of piperidine rings is 1. The molecule has 0 spiro atoms. The second kappa shape index (κ2) is 7.98. The van der Waals surface area contributed by atoms with Gasteiger partial charge in [-0.25, -0.2) is 0 Å². The zero-order chi connectivity index (χ0) is 13.5. The van der Waals surface area contributed by atoms with Gasteiger partial charge in [0.25, 0.3) is 0 Å². The molecule has 0 radical (unpaired) electrons. The van der Waals surface area contributed by atoms with Crippen molar-refractivity contribution in [1.29, 1.82) is 0 Å². The van der Waals surface area contributed by atoms with Crippen LogP contribution >= 0.6 is 0 Å². The van der Waals surface area contributed by atoms with E-state index in [0.717, 1.165) is 32.0 Å². The predicted octanol–water partition coefficient (Wildman–Crippen LogP) is 0.973. The van der Waals surface area contributed by atoms with Crippen molar-refractivity contribution in [3.63, 3.8) is 0 Å². The van der Waals surface area contributed by atoms with Crippen molar-refractivity contribution in [2.75, 3.05) is 52.4 Å². The molecular formula is C15H29N3O. The monoisotopic (exact) mass is 267 g/mol. The van der Waals surface area contributed by atoms with Crippen molar-refractivity contribution < 1.29 is 4.79 Å². The number of ketones is 1. The molecule has 4 heteroatoms.